The number of anilines is 1. The number of nitrogens with zero attached hydrogens (tertiary/aromatic N) is 4. The minimum Gasteiger partial charge on any atom is -0.351 e. The summed E-state index contributed by atoms with van der Waals surface area (Å²) in [4.78, 5) is 49.9. The lowest BCUT2D eigenvalue weighted by atomic mass is 10.1. The standard InChI is InChI=1S/C23H21N7O3S2/c1-13-9-18(29-28-13)27-20(32)12-35-23-26-16-7-3-2-6-15(16)21-25-17(22(33)30(21)23)10-19(31)24-11-14-5-4-8-34-14/h2-9,17H,10-12H2,1H3,(H,24,31)(H2,27,28,29,32). The Kier molecular flexibility index (Phi) is 6.47. The van der Waals surface area contributed by atoms with Crippen molar-refractivity contribution in [3.8, 4) is 0 Å². The number of aromatic nitrogens is 2. The number of rotatable bonds is 7. The average Bonchev–Trinajstić information content (AvgIpc) is 3.58. The summed E-state index contributed by atoms with van der Waals surface area (Å²) in [6.07, 6.45) is -0.0662. The molecular formula is C23H21N7O3S2. The van der Waals surface area contributed by atoms with Gasteiger partial charge in [0.1, 0.15) is 11.9 Å². The lowest BCUT2D eigenvalue weighted by Crippen LogP contribution is -2.42. The monoisotopic (exact) mass is 507 g/mol. The van der Waals surface area contributed by atoms with E-state index in [0.717, 1.165) is 22.3 Å². The Morgan fingerprint density at radius 1 is 1.20 bits per heavy atom. The van der Waals surface area contributed by atoms with Crippen LogP contribution in [0.4, 0.5) is 11.5 Å². The molecule has 12 heteroatoms. The number of carbonyl (C=O) groups excluding carboxylic acids is 3. The van der Waals surface area contributed by atoms with Crippen molar-refractivity contribution in [2.24, 2.45) is 9.98 Å². The summed E-state index contributed by atoms with van der Waals surface area (Å²) in [5.74, 6) is 0.0254. The molecule has 2 aliphatic rings. The Morgan fingerprint density at radius 3 is 2.83 bits per heavy atom. The number of H-pyrrole nitrogens is 1. The topological polar surface area (TPSA) is 132 Å². The molecule has 3 aromatic rings. The molecule has 0 saturated heterocycles. The molecule has 1 atom stereocenters. The molecule has 3 N–H and O–H groups in total. The van der Waals surface area contributed by atoms with Gasteiger partial charge in [-0.1, -0.05) is 30.0 Å². The minimum atomic E-state index is -0.855. The number of aromatic amines is 1. The zero-order valence-electron chi connectivity index (χ0n) is 18.6. The number of hydrogen-bond donors (Lipinski definition) is 3. The first-order chi connectivity index (χ1) is 17.0. The van der Waals surface area contributed by atoms with E-state index in [0.29, 0.717) is 34.6 Å². The first kappa shape index (κ1) is 23.0. The maximum atomic E-state index is 13.3. The molecule has 4 heterocycles. The highest BCUT2D eigenvalue weighted by molar-refractivity contribution is 8.14. The Bertz CT molecular complexity index is 1350. The van der Waals surface area contributed by atoms with Gasteiger partial charge in [-0.25, -0.2) is 9.89 Å². The van der Waals surface area contributed by atoms with Gasteiger partial charge in [-0.15, -0.1) is 11.3 Å². The zero-order valence-corrected chi connectivity index (χ0v) is 20.3. The molecule has 2 aromatic heterocycles. The van der Waals surface area contributed by atoms with Crippen molar-refractivity contribution in [2.75, 3.05) is 11.1 Å². The van der Waals surface area contributed by atoms with Crippen LogP contribution in [-0.2, 0) is 20.9 Å². The van der Waals surface area contributed by atoms with E-state index in [1.54, 1.807) is 17.4 Å². The fraction of sp³-hybridized carbons (Fsp3) is 0.217. The number of thiophene rings is 1. The first-order valence-corrected chi connectivity index (χ1v) is 12.7. The maximum Gasteiger partial charge on any atom is 0.259 e. The van der Waals surface area contributed by atoms with Crippen LogP contribution < -0.4 is 10.6 Å². The van der Waals surface area contributed by atoms with Crippen LogP contribution in [0.15, 0.2) is 57.8 Å². The van der Waals surface area contributed by atoms with E-state index in [-0.39, 0.29) is 29.9 Å². The van der Waals surface area contributed by atoms with Crippen LogP contribution in [0.5, 0.6) is 0 Å². The van der Waals surface area contributed by atoms with Crippen molar-refractivity contribution in [3.05, 3.63) is 64.0 Å². The van der Waals surface area contributed by atoms with Crippen molar-refractivity contribution in [3.63, 3.8) is 0 Å². The summed E-state index contributed by atoms with van der Waals surface area (Å²) >= 11 is 2.68. The summed E-state index contributed by atoms with van der Waals surface area (Å²) in [6.45, 7) is 2.25. The number of para-hydroxylation sites is 1. The van der Waals surface area contributed by atoms with E-state index < -0.39 is 6.04 Å². The van der Waals surface area contributed by atoms with Crippen LogP contribution in [0.25, 0.3) is 0 Å². The SMILES string of the molecule is Cc1cc(NC(=O)CSC2=Nc3ccccc3C3=NC(CC(=O)NCc4cccs4)C(=O)N23)n[nH]1. The number of aliphatic imine (C=N–C) groups is 2. The first-order valence-electron chi connectivity index (χ1n) is 10.8. The number of thioether (sulfide) groups is 1. The third kappa shape index (κ3) is 5.03. The third-order valence-electron chi connectivity index (χ3n) is 5.27. The lowest BCUT2D eigenvalue weighted by molar-refractivity contribution is -0.128. The highest BCUT2D eigenvalue weighted by Crippen LogP contribution is 2.34. The van der Waals surface area contributed by atoms with Gasteiger partial charge in [-0.3, -0.25) is 24.5 Å². The molecule has 0 saturated carbocycles. The van der Waals surface area contributed by atoms with E-state index in [1.807, 2.05) is 48.7 Å². The highest BCUT2D eigenvalue weighted by atomic mass is 32.2. The zero-order chi connectivity index (χ0) is 24.4. The van der Waals surface area contributed by atoms with E-state index in [1.165, 1.54) is 4.90 Å². The molecule has 10 nitrogen and oxygen atoms in total. The summed E-state index contributed by atoms with van der Waals surface area (Å²) in [7, 11) is 0. The second-order valence-electron chi connectivity index (χ2n) is 7.89. The van der Waals surface area contributed by atoms with Gasteiger partial charge in [0.25, 0.3) is 5.91 Å². The Morgan fingerprint density at radius 2 is 2.06 bits per heavy atom. The van der Waals surface area contributed by atoms with Crippen molar-refractivity contribution in [2.45, 2.75) is 25.9 Å². The second-order valence-corrected chi connectivity index (χ2v) is 9.86. The number of hydrogen-bond acceptors (Lipinski definition) is 8. The molecule has 5 rings (SSSR count). The molecule has 178 valence electrons. The predicted molar refractivity (Wildman–Crippen MR) is 136 cm³/mol. The molecule has 3 amide bonds. The van der Waals surface area contributed by atoms with Gasteiger partial charge in [0, 0.05) is 22.2 Å². The molecular weight excluding hydrogens is 486 g/mol. The van der Waals surface area contributed by atoms with Crippen LogP contribution in [-0.4, -0.2) is 55.6 Å². The summed E-state index contributed by atoms with van der Waals surface area (Å²) < 4.78 is 0. The normalized spacial score (nSPS) is 16.3. The molecule has 0 spiro atoms. The van der Waals surface area contributed by atoms with Crippen molar-refractivity contribution in [1.82, 2.24) is 20.4 Å². The quantitative estimate of drug-likeness (QED) is 0.452. The van der Waals surface area contributed by atoms with Gasteiger partial charge in [0.15, 0.2) is 11.0 Å². The smallest absolute Gasteiger partial charge is 0.259 e. The van der Waals surface area contributed by atoms with E-state index in [9.17, 15) is 14.4 Å². The number of nitrogens with one attached hydrogen (secondary N) is 3. The average molecular weight is 508 g/mol. The molecule has 0 radical (unpaired) electrons. The number of fused-ring (bicyclic) bond motifs is 3. The highest BCUT2D eigenvalue weighted by Gasteiger charge is 2.42. The molecule has 35 heavy (non-hydrogen) atoms. The van der Waals surface area contributed by atoms with Crippen LogP contribution in [0.1, 0.15) is 22.6 Å². The number of carbonyl (C=O) groups is 3. The Labute approximate surface area is 208 Å². The van der Waals surface area contributed by atoms with Crippen molar-refractivity contribution >= 4 is 63.3 Å². The van der Waals surface area contributed by atoms with Gasteiger partial charge in [-0.05, 0) is 30.5 Å². The lowest BCUT2D eigenvalue weighted by Gasteiger charge is -2.25. The van der Waals surface area contributed by atoms with E-state index >= 15 is 0 Å². The fourth-order valence-electron chi connectivity index (χ4n) is 3.67. The van der Waals surface area contributed by atoms with Crippen LogP contribution in [0.2, 0.25) is 0 Å². The van der Waals surface area contributed by atoms with Crippen LogP contribution in [0, 0.1) is 6.92 Å². The fourth-order valence-corrected chi connectivity index (χ4v) is 5.11. The number of amidine groups is 2. The van der Waals surface area contributed by atoms with E-state index in [4.69, 9.17) is 0 Å². The Balaban J connectivity index is 1.29. The van der Waals surface area contributed by atoms with Gasteiger partial charge < -0.3 is 10.6 Å². The second kappa shape index (κ2) is 9.84. The largest absolute Gasteiger partial charge is 0.351 e. The molecule has 0 aliphatic carbocycles. The maximum absolute atomic E-state index is 13.3. The van der Waals surface area contributed by atoms with Gasteiger partial charge in [0.2, 0.25) is 11.8 Å². The summed E-state index contributed by atoms with van der Waals surface area (Å²) in [5.41, 5.74) is 2.20. The molecule has 0 fully saturated rings. The molecule has 1 aromatic carbocycles. The van der Waals surface area contributed by atoms with E-state index in [2.05, 4.69) is 30.8 Å². The molecule has 2 aliphatic heterocycles. The Hall–Kier alpha value is -3.77. The summed E-state index contributed by atoms with van der Waals surface area (Å²) in [5, 5.41) is 14.6. The number of aryl methyl sites for hydroxylation is 1. The van der Waals surface area contributed by atoms with Crippen LogP contribution in [0.3, 0.4) is 0 Å². The van der Waals surface area contributed by atoms with Gasteiger partial charge >= 0.3 is 0 Å². The van der Waals surface area contributed by atoms with Crippen molar-refractivity contribution in [1.29, 1.82) is 0 Å². The minimum absolute atomic E-state index is 0.0237. The van der Waals surface area contributed by atoms with Crippen LogP contribution >= 0.6 is 23.1 Å². The number of amides is 3. The van der Waals surface area contributed by atoms with Gasteiger partial charge in [0.05, 0.1) is 24.4 Å². The molecule has 0 bridgehead atoms. The van der Waals surface area contributed by atoms with Gasteiger partial charge in [-0.2, -0.15) is 5.10 Å². The van der Waals surface area contributed by atoms with Crippen molar-refractivity contribution < 1.29 is 14.4 Å². The summed E-state index contributed by atoms with van der Waals surface area (Å²) in [6, 6.07) is 12.1. The molecule has 1 unspecified atom stereocenters. The number of benzene rings is 1. The third-order valence-corrected chi connectivity index (χ3v) is 7.09. The predicted octanol–water partition coefficient (Wildman–Crippen LogP) is 2.82.